The number of ether oxygens (including phenoxy) is 1. The molecule has 0 spiro atoms. The van der Waals surface area contributed by atoms with Crippen molar-refractivity contribution in [2.75, 3.05) is 18.6 Å². The molecule has 1 aliphatic heterocycles. The van der Waals surface area contributed by atoms with E-state index in [2.05, 4.69) is 12.2 Å². The third-order valence-electron chi connectivity index (χ3n) is 5.32. The van der Waals surface area contributed by atoms with Gasteiger partial charge in [-0.2, -0.15) is 0 Å². The van der Waals surface area contributed by atoms with Gasteiger partial charge in [-0.1, -0.05) is 19.8 Å². The second kappa shape index (κ2) is 7.24. The van der Waals surface area contributed by atoms with Crippen molar-refractivity contribution in [1.29, 1.82) is 0 Å². The summed E-state index contributed by atoms with van der Waals surface area (Å²) in [7, 11) is 1.61. The molecule has 1 saturated carbocycles. The number of hydrogen-bond acceptors (Lipinski definition) is 3. The van der Waals surface area contributed by atoms with E-state index in [9.17, 15) is 9.59 Å². The summed E-state index contributed by atoms with van der Waals surface area (Å²) in [5.74, 6) is 1.06. The average Bonchev–Trinajstić information content (AvgIpc) is 2.99. The molecular formula is C19H26N2O3. The van der Waals surface area contributed by atoms with Crippen LogP contribution in [0.3, 0.4) is 0 Å². The smallest absolute Gasteiger partial charge is 0.227 e. The van der Waals surface area contributed by atoms with Crippen LogP contribution in [-0.2, 0) is 9.59 Å². The van der Waals surface area contributed by atoms with Crippen molar-refractivity contribution in [3.8, 4) is 5.75 Å². The number of anilines is 1. The predicted molar refractivity (Wildman–Crippen MR) is 93.0 cm³/mol. The molecule has 1 saturated heterocycles. The molecule has 130 valence electrons. The Bertz CT molecular complexity index is 599. The Balaban J connectivity index is 1.62. The largest absolute Gasteiger partial charge is 0.497 e. The van der Waals surface area contributed by atoms with Gasteiger partial charge in [0.25, 0.3) is 0 Å². The molecule has 3 rings (SSSR count). The van der Waals surface area contributed by atoms with E-state index in [4.69, 9.17) is 4.74 Å². The number of methoxy groups -OCH3 is 1. The fourth-order valence-electron chi connectivity index (χ4n) is 3.73. The standard InChI is InChI=1S/C19H26N2O3/c1-13-5-3-4-6-17(13)20-19(23)14-11-18(22)21(12-14)15-7-9-16(24-2)10-8-15/h7-10,13-14,17H,3-6,11-12H2,1-2H3,(H,20,23)/t13-,14+,17-/m0/s1. The Morgan fingerprint density at radius 3 is 2.58 bits per heavy atom. The summed E-state index contributed by atoms with van der Waals surface area (Å²) >= 11 is 0. The maximum atomic E-state index is 12.6. The Kier molecular flexibility index (Phi) is 5.07. The summed E-state index contributed by atoms with van der Waals surface area (Å²) in [5.41, 5.74) is 0.821. The molecule has 1 aromatic carbocycles. The Hall–Kier alpha value is -2.04. The molecule has 1 N–H and O–H groups in total. The van der Waals surface area contributed by atoms with Crippen molar-refractivity contribution < 1.29 is 14.3 Å². The normalized spacial score (nSPS) is 27.2. The maximum absolute atomic E-state index is 12.6. The number of carbonyl (C=O) groups is 2. The van der Waals surface area contributed by atoms with Crippen molar-refractivity contribution in [2.45, 2.75) is 45.1 Å². The monoisotopic (exact) mass is 330 g/mol. The molecule has 1 aromatic rings. The van der Waals surface area contributed by atoms with Gasteiger partial charge < -0.3 is 15.0 Å². The van der Waals surface area contributed by atoms with Gasteiger partial charge in [0, 0.05) is 24.7 Å². The van der Waals surface area contributed by atoms with E-state index < -0.39 is 0 Å². The van der Waals surface area contributed by atoms with Crippen LogP contribution in [0.4, 0.5) is 5.69 Å². The minimum Gasteiger partial charge on any atom is -0.497 e. The van der Waals surface area contributed by atoms with Gasteiger partial charge in [0.15, 0.2) is 0 Å². The van der Waals surface area contributed by atoms with Crippen LogP contribution in [0, 0.1) is 11.8 Å². The summed E-state index contributed by atoms with van der Waals surface area (Å²) in [6.07, 6.45) is 4.94. The second-order valence-corrected chi connectivity index (χ2v) is 6.98. The van der Waals surface area contributed by atoms with Gasteiger partial charge in [-0.3, -0.25) is 9.59 Å². The van der Waals surface area contributed by atoms with Gasteiger partial charge in [-0.15, -0.1) is 0 Å². The lowest BCUT2D eigenvalue weighted by Gasteiger charge is -2.30. The molecule has 0 bridgehead atoms. The highest BCUT2D eigenvalue weighted by molar-refractivity contribution is 6.00. The summed E-state index contributed by atoms with van der Waals surface area (Å²) in [6, 6.07) is 7.65. The Morgan fingerprint density at radius 1 is 1.21 bits per heavy atom. The van der Waals surface area contributed by atoms with Crippen LogP contribution in [0.2, 0.25) is 0 Å². The zero-order chi connectivity index (χ0) is 17.1. The van der Waals surface area contributed by atoms with E-state index in [1.807, 2.05) is 24.3 Å². The Labute approximate surface area is 143 Å². The fourth-order valence-corrected chi connectivity index (χ4v) is 3.73. The maximum Gasteiger partial charge on any atom is 0.227 e. The van der Waals surface area contributed by atoms with Gasteiger partial charge in [-0.05, 0) is 43.0 Å². The third-order valence-corrected chi connectivity index (χ3v) is 5.32. The van der Waals surface area contributed by atoms with Crippen LogP contribution in [0.1, 0.15) is 39.0 Å². The zero-order valence-electron chi connectivity index (χ0n) is 14.5. The SMILES string of the molecule is COc1ccc(N2C[C@H](C(=O)N[C@H]3CCCC[C@@H]3C)CC2=O)cc1. The van der Waals surface area contributed by atoms with Gasteiger partial charge in [0.2, 0.25) is 11.8 Å². The summed E-state index contributed by atoms with van der Waals surface area (Å²) in [4.78, 5) is 26.6. The van der Waals surface area contributed by atoms with Crippen LogP contribution in [0.15, 0.2) is 24.3 Å². The molecule has 2 aliphatic rings. The first-order valence-corrected chi connectivity index (χ1v) is 8.83. The molecule has 24 heavy (non-hydrogen) atoms. The van der Waals surface area contributed by atoms with Crippen LogP contribution < -0.4 is 15.0 Å². The number of nitrogens with one attached hydrogen (secondary N) is 1. The van der Waals surface area contributed by atoms with Crippen molar-refractivity contribution in [3.05, 3.63) is 24.3 Å². The molecule has 1 aliphatic carbocycles. The Morgan fingerprint density at radius 2 is 1.92 bits per heavy atom. The van der Waals surface area contributed by atoms with Gasteiger partial charge in [-0.25, -0.2) is 0 Å². The van der Waals surface area contributed by atoms with Gasteiger partial charge in [0.1, 0.15) is 5.75 Å². The molecule has 5 heteroatoms. The van der Waals surface area contributed by atoms with E-state index >= 15 is 0 Å². The minimum absolute atomic E-state index is 0.0111. The lowest BCUT2D eigenvalue weighted by molar-refractivity contribution is -0.127. The summed E-state index contributed by atoms with van der Waals surface area (Å²) < 4.78 is 5.15. The molecule has 0 aromatic heterocycles. The van der Waals surface area contributed by atoms with E-state index in [1.165, 1.54) is 19.3 Å². The lowest BCUT2D eigenvalue weighted by Crippen LogP contribution is -2.44. The quantitative estimate of drug-likeness (QED) is 0.923. The van der Waals surface area contributed by atoms with E-state index in [0.29, 0.717) is 18.9 Å². The summed E-state index contributed by atoms with van der Waals surface area (Å²) in [5, 5.41) is 3.18. The van der Waals surface area contributed by atoms with Gasteiger partial charge in [0.05, 0.1) is 13.0 Å². The summed E-state index contributed by atoms with van der Waals surface area (Å²) in [6.45, 7) is 2.66. The van der Waals surface area contributed by atoms with Crippen LogP contribution >= 0.6 is 0 Å². The first-order chi connectivity index (χ1) is 11.6. The van der Waals surface area contributed by atoms with Crippen LogP contribution in [0.25, 0.3) is 0 Å². The van der Waals surface area contributed by atoms with Crippen molar-refractivity contribution in [1.82, 2.24) is 5.32 Å². The number of hydrogen-bond donors (Lipinski definition) is 1. The molecule has 3 atom stereocenters. The van der Waals surface area contributed by atoms with E-state index in [0.717, 1.165) is 17.9 Å². The third kappa shape index (κ3) is 3.55. The number of rotatable bonds is 4. The number of benzene rings is 1. The van der Waals surface area contributed by atoms with Crippen molar-refractivity contribution in [3.63, 3.8) is 0 Å². The highest BCUT2D eigenvalue weighted by atomic mass is 16.5. The lowest BCUT2D eigenvalue weighted by atomic mass is 9.85. The van der Waals surface area contributed by atoms with Crippen molar-refractivity contribution in [2.24, 2.45) is 11.8 Å². The van der Waals surface area contributed by atoms with Crippen molar-refractivity contribution >= 4 is 17.5 Å². The predicted octanol–water partition coefficient (Wildman–Crippen LogP) is 2.74. The number of carbonyl (C=O) groups excluding carboxylic acids is 2. The average molecular weight is 330 g/mol. The van der Waals surface area contributed by atoms with Crippen LogP contribution in [-0.4, -0.2) is 31.5 Å². The molecule has 0 radical (unpaired) electrons. The minimum atomic E-state index is -0.256. The fraction of sp³-hybridized carbons (Fsp3) is 0.579. The van der Waals surface area contributed by atoms with Crippen LogP contribution in [0.5, 0.6) is 5.75 Å². The highest BCUT2D eigenvalue weighted by Crippen LogP contribution is 2.28. The van der Waals surface area contributed by atoms with E-state index in [1.54, 1.807) is 12.0 Å². The first kappa shape index (κ1) is 16.8. The highest BCUT2D eigenvalue weighted by Gasteiger charge is 2.36. The molecule has 1 heterocycles. The topological polar surface area (TPSA) is 58.6 Å². The second-order valence-electron chi connectivity index (χ2n) is 6.98. The van der Waals surface area contributed by atoms with E-state index in [-0.39, 0.29) is 23.8 Å². The molecular weight excluding hydrogens is 304 g/mol. The molecule has 5 nitrogen and oxygen atoms in total. The molecule has 2 fully saturated rings. The first-order valence-electron chi connectivity index (χ1n) is 8.83. The molecule has 2 amide bonds. The molecule has 0 unspecified atom stereocenters. The van der Waals surface area contributed by atoms with Gasteiger partial charge >= 0.3 is 0 Å². The number of amides is 2. The zero-order valence-corrected chi connectivity index (χ0v) is 14.5. The number of nitrogens with zero attached hydrogens (tertiary/aromatic N) is 1.